The molecule has 0 aromatic carbocycles. The van der Waals surface area contributed by atoms with Crippen molar-refractivity contribution in [2.45, 2.75) is 66.3 Å². The van der Waals surface area contributed by atoms with Gasteiger partial charge in [-0.1, -0.05) is 34.1 Å². The van der Waals surface area contributed by atoms with E-state index in [1.54, 1.807) is 0 Å². The van der Waals surface area contributed by atoms with Crippen molar-refractivity contribution < 1.29 is 0 Å². The Hall–Kier alpha value is -1.63. The summed E-state index contributed by atoms with van der Waals surface area (Å²) in [6.45, 7) is 10.7. The van der Waals surface area contributed by atoms with Crippen molar-refractivity contribution in [3.63, 3.8) is 0 Å². The van der Waals surface area contributed by atoms with Gasteiger partial charge in [0.2, 0.25) is 0 Å². The molecule has 0 spiro atoms. The SMILES string of the molecule is CCc1nnc(NC(C)CC(C)CC)c(C#N)c1CC. The largest absolute Gasteiger partial charge is 0.365 e. The average Bonchev–Trinajstić information content (AvgIpc) is 2.46. The highest BCUT2D eigenvalue weighted by Gasteiger charge is 2.16. The number of aromatic nitrogens is 2. The van der Waals surface area contributed by atoms with Gasteiger partial charge in [0.1, 0.15) is 11.6 Å². The van der Waals surface area contributed by atoms with Crippen LogP contribution in [0.4, 0.5) is 5.82 Å². The average molecular weight is 274 g/mol. The van der Waals surface area contributed by atoms with Gasteiger partial charge in [0.15, 0.2) is 5.82 Å². The van der Waals surface area contributed by atoms with E-state index in [0.717, 1.165) is 36.9 Å². The van der Waals surface area contributed by atoms with Crippen molar-refractivity contribution in [2.24, 2.45) is 5.92 Å². The minimum atomic E-state index is 0.295. The summed E-state index contributed by atoms with van der Waals surface area (Å²) in [5.41, 5.74) is 2.63. The van der Waals surface area contributed by atoms with E-state index >= 15 is 0 Å². The second-order valence-corrected chi connectivity index (χ2v) is 5.46. The number of nitriles is 1. The predicted molar refractivity (Wildman–Crippen MR) is 82.7 cm³/mol. The van der Waals surface area contributed by atoms with Gasteiger partial charge in [0.05, 0.1) is 5.69 Å². The molecule has 0 amide bonds. The number of nitrogens with zero attached hydrogens (tertiary/aromatic N) is 3. The summed E-state index contributed by atoms with van der Waals surface area (Å²) in [5, 5.41) is 21.3. The third-order valence-electron chi connectivity index (χ3n) is 3.79. The molecule has 1 heterocycles. The zero-order valence-corrected chi connectivity index (χ0v) is 13.3. The number of aryl methyl sites for hydroxylation is 1. The van der Waals surface area contributed by atoms with Crippen molar-refractivity contribution in [1.82, 2.24) is 10.2 Å². The first-order chi connectivity index (χ1) is 9.57. The molecule has 1 aromatic rings. The molecule has 0 aliphatic carbocycles. The van der Waals surface area contributed by atoms with Gasteiger partial charge in [-0.05, 0) is 37.7 Å². The van der Waals surface area contributed by atoms with E-state index in [9.17, 15) is 5.26 Å². The molecule has 0 aliphatic heterocycles. The van der Waals surface area contributed by atoms with Crippen molar-refractivity contribution in [1.29, 1.82) is 5.26 Å². The summed E-state index contributed by atoms with van der Waals surface area (Å²) in [6.07, 6.45) is 3.86. The Kier molecular flexibility index (Phi) is 6.44. The number of anilines is 1. The van der Waals surface area contributed by atoms with Gasteiger partial charge in [-0.3, -0.25) is 0 Å². The first-order valence-corrected chi connectivity index (χ1v) is 7.62. The van der Waals surface area contributed by atoms with Crippen LogP contribution in [0, 0.1) is 17.2 Å². The zero-order chi connectivity index (χ0) is 15.1. The lowest BCUT2D eigenvalue weighted by Crippen LogP contribution is -2.21. The maximum absolute atomic E-state index is 9.43. The Labute approximate surface area is 122 Å². The molecule has 0 bridgehead atoms. The van der Waals surface area contributed by atoms with Gasteiger partial charge >= 0.3 is 0 Å². The van der Waals surface area contributed by atoms with Gasteiger partial charge in [0, 0.05) is 6.04 Å². The zero-order valence-electron chi connectivity index (χ0n) is 13.3. The van der Waals surface area contributed by atoms with Crippen LogP contribution in [0.3, 0.4) is 0 Å². The Balaban J connectivity index is 2.99. The van der Waals surface area contributed by atoms with E-state index in [1.165, 1.54) is 0 Å². The van der Waals surface area contributed by atoms with E-state index in [-0.39, 0.29) is 0 Å². The fourth-order valence-corrected chi connectivity index (χ4v) is 2.46. The Morgan fingerprint density at radius 2 is 1.85 bits per heavy atom. The lowest BCUT2D eigenvalue weighted by atomic mass is 9.99. The quantitative estimate of drug-likeness (QED) is 0.823. The molecular weight excluding hydrogens is 248 g/mol. The fraction of sp³-hybridized carbons (Fsp3) is 0.688. The lowest BCUT2D eigenvalue weighted by molar-refractivity contribution is 0.483. The van der Waals surface area contributed by atoms with Crippen LogP contribution in [-0.2, 0) is 12.8 Å². The van der Waals surface area contributed by atoms with Gasteiger partial charge in [-0.15, -0.1) is 5.10 Å². The molecule has 0 saturated carbocycles. The van der Waals surface area contributed by atoms with Gasteiger partial charge in [0.25, 0.3) is 0 Å². The van der Waals surface area contributed by atoms with Crippen LogP contribution >= 0.6 is 0 Å². The second-order valence-electron chi connectivity index (χ2n) is 5.46. The van der Waals surface area contributed by atoms with E-state index in [0.29, 0.717) is 23.3 Å². The van der Waals surface area contributed by atoms with E-state index in [4.69, 9.17) is 0 Å². The highest BCUT2D eigenvalue weighted by Crippen LogP contribution is 2.22. The number of rotatable bonds is 7. The molecule has 1 rings (SSSR count). The smallest absolute Gasteiger partial charge is 0.167 e. The van der Waals surface area contributed by atoms with Crippen LogP contribution in [-0.4, -0.2) is 16.2 Å². The summed E-state index contributed by atoms with van der Waals surface area (Å²) in [4.78, 5) is 0. The van der Waals surface area contributed by atoms with Crippen LogP contribution in [0.2, 0.25) is 0 Å². The predicted octanol–water partition coefficient (Wildman–Crippen LogP) is 3.71. The third kappa shape index (κ3) is 3.93. The Bertz CT molecular complexity index is 476. The van der Waals surface area contributed by atoms with Crippen LogP contribution in [0.1, 0.15) is 64.3 Å². The van der Waals surface area contributed by atoms with Gasteiger partial charge < -0.3 is 5.32 Å². The molecule has 0 fully saturated rings. The number of hydrogen-bond donors (Lipinski definition) is 1. The highest BCUT2D eigenvalue weighted by atomic mass is 15.2. The minimum Gasteiger partial charge on any atom is -0.365 e. The molecule has 2 atom stereocenters. The molecule has 4 heteroatoms. The topological polar surface area (TPSA) is 61.6 Å². The Morgan fingerprint density at radius 3 is 2.35 bits per heavy atom. The highest BCUT2D eigenvalue weighted by molar-refractivity contribution is 5.56. The molecule has 0 radical (unpaired) electrons. The number of nitrogens with one attached hydrogen (secondary N) is 1. The Morgan fingerprint density at radius 1 is 1.15 bits per heavy atom. The first-order valence-electron chi connectivity index (χ1n) is 7.62. The van der Waals surface area contributed by atoms with Gasteiger partial charge in [-0.2, -0.15) is 10.4 Å². The summed E-state index contributed by atoms with van der Waals surface area (Å²) in [7, 11) is 0. The van der Waals surface area contributed by atoms with Crippen LogP contribution in [0.5, 0.6) is 0 Å². The van der Waals surface area contributed by atoms with Crippen LogP contribution in [0.25, 0.3) is 0 Å². The van der Waals surface area contributed by atoms with E-state index < -0.39 is 0 Å². The maximum Gasteiger partial charge on any atom is 0.167 e. The van der Waals surface area contributed by atoms with Crippen molar-refractivity contribution >= 4 is 5.82 Å². The van der Waals surface area contributed by atoms with E-state index in [1.807, 2.05) is 6.92 Å². The molecule has 1 N–H and O–H groups in total. The summed E-state index contributed by atoms with van der Waals surface area (Å²) >= 11 is 0. The molecule has 110 valence electrons. The molecule has 20 heavy (non-hydrogen) atoms. The first kappa shape index (κ1) is 16.4. The molecule has 0 aliphatic rings. The van der Waals surface area contributed by atoms with Crippen molar-refractivity contribution in [2.75, 3.05) is 5.32 Å². The van der Waals surface area contributed by atoms with Crippen LogP contribution in [0.15, 0.2) is 0 Å². The standard InChI is InChI=1S/C16H26N4/c1-6-11(4)9-12(5)18-16-14(10-17)13(7-2)15(8-3)19-20-16/h11-12H,6-9H2,1-5H3,(H,18,20). The van der Waals surface area contributed by atoms with Crippen molar-refractivity contribution in [3.05, 3.63) is 16.8 Å². The molecule has 1 aromatic heterocycles. The number of hydrogen-bond acceptors (Lipinski definition) is 4. The third-order valence-corrected chi connectivity index (χ3v) is 3.79. The van der Waals surface area contributed by atoms with Crippen molar-refractivity contribution in [3.8, 4) is 6.07 Å². The molecule has 2 unspecified atom stereocenters. The maximum atomic E-state index is 9.43. The summed E-state index contributed by atoms with van der Waals surface area (Å²) in [6, 6.07) is 2.59. The minimum absolute atomic E-state index is 0.295. The molecule has 0 saturated heterocycles. The normalized spacial score (nSPS) is 13.6. The monoisotopic (exact) mass is 274 g/mol. The summed E-state index contributed by atoms with van der Waals surface area (Å²) < 4.78 is 0. The second kappa shape index (κ2) is 7.84. The van der Waals surface area contributed by atoms with E-state index in [2.05, 4.69) is 49.3 Å². The molecular formula is C16H26N4. The fourth-order valence-electron chi connectivity index (χ4n) is 2.46. The van der Waals surface area contributed by atoms with Crippen LogP contribution < -0.4 is 5.32 Å². The molecule has 4 nitrogen and oxygen atoms in total. The van der Waals surface area contributed by atoms with Gasteiger partial charge in [-0.25, -0.2) is 0 Å². The lowest BCUT2D eigenvalue weighted by Gasteiger charge is -2.19. The summed E-state index contributed by atoms with van der Waals surface area (Å²) in [5.74, 6) is 1.30.